The standard InChI is InChI=1S/C25H36N4O4S/c1-19-9-10-21(23-16-20(2)27-33-23)17-24(19)34(31,32)29-14-6-4-11-26-25(30)18-22-8-3-5-12-28(22)13-7-15-29/h9-10,16-17,22H,3-8,11-15,18H2,1-2H3,(H,26,30). The van der Waals surface area contributed by atoms with E-state index in [1.807, 2.05) is 32.0 Å². The zero-order chi connectivity index (χ0) is 24.1. The second-order valence-corrected chi connectivity index (χ2v) is 11.4. The molecule has 0 radical (unpaired) electrons. The van der Waals surface area contributed by atoms with Gasteiger partial charge >= 0.3 is 0 Å². The maximum atomic E-state index is 13.8. The van der Waals surface area contributed by atoms with Gasteiger partial charge in [-0.3, -0.25) is 9.69 Å². The van der Waals surface area contributed by atoms with Gasteiger partial charge in [0.2, 0.25) is 15.9 Å². The van der Waals surface area contributed by atoms with E-state index in [0.29, 0.717) is 54.3 Å². The van der Waals surface area contributed by atoms with Crippen LogP contribution in [0.2, 0.25) is 0 Å². The first kappa shape index (κ1) is 24.9. The van der Waals surface area contributed by atoms with Crippen LogP contribution in [0, 0.1) is 13.8 Å². The van der Waals surface area contributed by atoms with E-state index in [-0.39, 0.29) is 11.9 Å². The van der Waals surface area contributed by atoms with Crippen molar-refractivity contribution in [3.63, 3.8) is 0 Å². The van der Waals surface area contributed by atoms with Crippen LogP contribution in [0.3, 0.4) is 0 Å². The zero-order valence-corrected chi connectivity index (χ0v) is 21.1. The number of aromatic nitrogens is 1. The van der Waals surface area contributed by atoms with Gasteiger partial charge in [-0.1, -0.05) is 23.7 Å². The van der Waals surface area contributed by atoms with Gasteiger partial charge in [0, 0.05) is 43.7 Å². The predicted octanol–water partition coefficient (Wildman–Crippen LogP) is 3.49. The number of rotatable bonds is 3. The Hall–Kier alpha value is -2.23. The van der Waals surface area contributed by atoms with Crippen molar-refractivity contribution in [2.45, 2.75) is 69.7 Å². The molecular weight excluding hydrogens is 452 g/mol. The van der Waals surface area contributed by atoms with Crippen molar-refractivity contribution in [2.75, 3.05) is 32.7 Å². The van der Waals surface area contributed by atoms with Crippen molar-refractivity contribution in [3.8, 4) is 11.3 Å². The van der Waals surface area contributed by atoms with Crippen molar-refractivity contribution < 1.29 is 17.7 Å². The molecule has 8 nitrogen and oxygen atoms in total. The third-order valence-electron chi connectivity index (χ3n) is 6.90. The number of benzene rings is 1. The van der Waals surface area contributed by atoms with Crippen LogP contribution >= 0.6 is 0 Å². The van der Waals surface area contributed by atoms with E-state index in [4.69, 9.17) is 4.52 Å². The molecule has 0 saturated carbocycles. The molecule has 2 saturated heterocycles. The molecule has 2 aliphatic heterocycles. The van der Waals surface area contributed by atoms with Crippen molar-refractivity contribution >= 4 is 15.9 Å². The molecule has 1 unspecified atom stereocenters. The highest BCUT2D eigenvalue weighted by Gasteiger charge is 2.29. The monoisotopic (exact) mass is 488 g/mol. The number of hydrogen-bond acceptors (Lipinski definition) is 6. The first-order chi connectivity index (χ1) is 16.3. The van der Waals surface area contributed by atoms with E-state index >= 15 is 0 Å². The summed E-state index contributed by atoms with van der Waals surface area (Å²) >= 11 is 0. The van der Waals surface area contributed by atoms with Crippen molar-refractivity contribution in [1.29, 1.82) is 0 Å². The largest absolute Gasteiger partial charge is 0.356 e. The van der Waals surface area contributed by atoms with Crippen LogP contribution in [-0.2, 0) is 14.8 Å². The zero-order valence-electron chi connectivity index (χ0n) is 20.3. The first-order valence-corrected chi connectivity index (χ1v) is 13.8. The molecule has 34 heavy (non-hydrogen) atoms. The van der Waals surface area contributed by atoms with Gasteiger partial charge in [0.25, 0.3) is 0 Å². The average Bonchev–Trinajstić information content (AvgIpc) is 3.25. The summed E-state index contributed by atoms with van der Waals surface area (Å²) in [5.74, 6) is 0.668. The fourth-order valence-corrected chi connectivity index (χ4v) is 6.75. The molecule has 1 N–H and O–H groups in total. The molecule has 1 amide bonds. The van der Waals surface area contributed by atoms with Gasteiger partial charge in [0.15, 0.2) is 5.76 Å². The van der Waals surface area contributed by atoms with E-state index in [0.717, 1.165) is 50.9 Å². The van der Waals surface area contributed by atoms with Gasteiger partial charge < -0.3 is 9.84 Å². The summed E-state index contributed by atoms with van der Waals surface area (Å²) in [6.45, 7) is 6.94. The van der Waals surface area contributed by atoms with Crippen LogP contribution in [-0.4, -0.2) is 67.5 Å². The Bertz CT molecular complexity index is 1100. The minimum atomic E-state index is -3.69. The Morgan fingerprint density at radius 2 is 1.76 bits per heavy atom. The number of amides is 1. The number of sulfonamides is 1. The van der Waals surface area contributed by atoms with E-state index in [1.165, 1.54) is 0 Å². The minimum Gasteiger partial charge on any atom is -0.356 e. The molecule has 9 heteroatoms. The van der Waals surface area contributed by atoms with Gasteiger partial charge in [-0.05, 0) is 70.7 Å². The predicted molar refractivity (Wildman–Crippen MR) is 131 cm³/mol. The Labute approximate surface area is 202 Å². The smallest absolute Gasteiger partial charge is 0.243 e. The fraction of sp³-hybridized carbons (Fsp3) is 0.600. The maximum Gasteiger partial charge on any atom is 0.243 e. The molecule has 1 atom stereocenters. The summed E-state index contributed by atoms with van der Waals surface area (Å²) in [4.78, 5) is 15.1. The number of fused-ring (bicyclic) bond motifs is 1. The molecule has 1 aromatic carbocycles. The van der Waals surface area contributed by atoms with Crippen LogP contribution in [0.25, 0.3) is 11.3 Å². The van der Waals surface area contributed by atoms with Crippen LogP contribution < -0.4 is 5.32 Å². The molecule has 186 valence electrons. The van der Waals surface area contributed by atoms with Crippen molar-refractivity contribution in [2.24, 2.45) is 0 Å². The number of carbonyl (C=O) groups excluding carboxylic acids is 1. The summed E-state index contributed by atoms with van der Waals surface area (Å²) in [5, 5.41) is 6.96. The lowest BCUT2D eigenvalue weighted by Gasteiger charge is -2.35. The van der Waals surface area contributed by atoms with E-state index in [9.17, 15) is 13.2 Å². The molecular formula is C25H36N4O4S. The fourth-order valence-electron chi connectivity index (χ4n) is 4.98. The molecule has 4 rings (SSSR count). The second kappa shape index (κ2) is 11.0. The normalized spacial score (nSPS) is 22.2. The SMILES string of the molecule is Cc1cc(-c2ccc(C)c(S(=O)(=O)N3CCCCNC(=O)CC4CCCCN4CCC3)c2)on1. The summed E-state index contributed by atoms with van der Waals surface area (Å²) in [5.41, 5.74) is 2.17. The minimum absolute atomic E-state index is 0.107. The van der Waals surface area contributed by atoms with Gasteiger partial charge in [0.1, 0.15) is 0 Å². The molecule has 0 bridgehead atoms. The molecule has 0 spiro atoms. The highest BCUT2D eigenvalue weighted by molar-refractivity contribution is 7.89. The van der Waals surface area contributed by atoms with Crippen LogP contribution in [0.1, 0.15) is 56.2 Å². The van der Waals surface area contributed by atoms with Crippen LogP contribution in [0.4, 0.5) is 0 Å². The van der Waals surface area contributed by atoms with Gasteiger partial charge in [-0.15, -0.1) is 0 Å². The topological polar surface area (TPSA) is 95.8 Å². The highest BCUT2D eigenvalue weighted by atomic mass is 32.2. The highest BCUT2D eigenvalue weighted by Crippen LogP contribution is 2.28. The number of aryl methyl sites for hydroxylation is 2. The number of hydrogen-bond donors (Lipinski definition) is 1. The Morgan fingerprint density at radius 1 is 1.00 bits per heavy atom. The number of carbonyl (C=O) groups is 1. The molecule has 2 aromatic rings. The Kier molecular flexibility index (Phi) is 8.06. The third kappa shape index (κ3) is 5.87. The summed E-state index contributed by atoms with van der Waals surface area (Å²) in [6.07, 6.45) is 6.05. The molecule has 0 aliphatic carbocycles. The number of piperidine rings is 1. The third-order valence-corrected chi connectivity index (χ3v) is 8.94. The van der Waals surface area contributed by atoms with Gasteiger partial charge in [-0.25, -0.2) is 8.42 Å². The van der Waals surface area contributed by atoms with E-state index in [1.54, 1.807) is 10.4 Å². The van der Waals surface area contributed by atoms with Crippen LogP contribution in [0.15, 0.2) is 33.7 Å². The summed E-state index contributed by atoms with van der Waals surface area (Å²) in [6, 6.07) is 7.46. The van der Waals surface area contributed by atoms with Gasteiger partial charge in [0.05, 0.1) is 10.6 Å². The molecule has 2 aliphatic rings. The average molecular weight is 489 g/mol. The maximum absolute atomic E-state index is 13.8. The lowest BCUT2D eigenvalue weighted by Crippen LogP contribution is -2.44. The van der Waals surface area contributed by atoms with E-state index < -0.39 is 10.0 Å². The Morgan fingerprint density at radius 3 is 2.56 bits per heavy atom. The first-order valence-electron chi connectivity index (χ1n) is 12.4. The Balaban J connectivity index is 1.56. The number of nitrogens with zero attached hydrogens (tertiary/aromatic N) is 3. The number of nitrogens with one attached hydrogen (secondary N) is 1. The second-order valence-electron chi connectivity index (χ2n) is 9.52. The van der Waals surface area contributed by atoms with Crippen molar-refractivity contribution in [1.82, 2.24) is 19.7 Å². The summed E-state index contributed by atoms with van der Waals surface area (Å²) in [7, 11) is -3.69. The van der Waals surface area contributed by atoms with Gasteiger partial charge in [-0.2, -0.15) is 4.31 Å². The lowest BCUT2D eigenvalue weighted by molar-refractivity contribution is -0.122. The summed E-state index contributed by atoms with van der Waals surface area (Å²) < 4.78 is 34.6. The lowest BCUT2D eigenvalue weighted by atomic mass is 9.98. The molecule has 3 heterocycles. The molecule has 2 fully saturated rings. The van der Waals surface area contributed by atoms with Crippen molar-refractivity contribution in [3.05, 3.63) is 35.5 Å². The van der Waals surface area contributed by atoms with Crippen LogP contribution in [0.5, 0.6) is 0 Å². The quantitative estimate of drug-likeness (QED) is 0.711. The molecule has 1 aromatic heterocycles. The van der Waals surface area contributed by atoms with E-state index in [2.05, 4.69) is 15.4 Å².